The van der Waals surface area contributed by atoms with Crippen molar-refractivity contribution in [2.24, 2.45) is 0 Å². The van der Waals surface area contributed by atoms with Gasteiger partial charge < -0.3 is 44.4 Å². The second kappa shape index (κ2) is 12.1. The molecule has 3 aromatic rings. The van der Waals surface area contributed by atoms with E-state index in [1.807, 2.05) is 0 Å². The molecule has 1 aliphatic heterocycles. The van der Waals surface area contributed by atoms with E-state index in [4.69, 9.17) is 14.2 Å². The van der Waals surface area contributed by atoms with Gasteiger partial charge in [0.15, 0.2) is 9.84 Å². The van der Waals surface area contributed by atoms with E-state index in [-0.39, 0.29) is 32.2 Å². The van der Waals surface area contributed by atoms with Crippen molar-refractivity contribution >= 4 is 81.3 Å². The third-order valence-corrected chi connectivity index (χ3v) is 8.68. The van der Waals surface area contributed by atoms with Gasteiger partial charge in [-0.05, 0) is 29.0 Å². The molecule has 0 amide bonds. The fraction of sp³-hybridized carbons (Fsp3) is 0. The number of hydrogen-bond acceptors (Lipinski definition) is 16. The van der Waals surface area contributed by atoms with Gasteiger partial charge in [0.25, 0.3) is 0 Å². The number of ether oxygens (including phenoxy) is 3. The Morgan fingerprint density at radius 2 is 1.07 bits per heavy atom. The molecular weight excluding hydrogens is 605 g/mol. The summed E-state index contributed by atoms with van der Waals surface area (Å²) in [7, 11) is -10.8. The van der Waals surface area contributed by atoms with Crippen LogP contribution in [0.2, 0.25) is 0 Å². The summed E-state index contributed by atoms with van der Waals surface area (Å²) in [5.41, 5.74) is -1.13. The largest absolute Gasteiger partial charge is 0.501 e. The van der Waals surface area contributed by atoms with Crippen molar-refractivity contribution in [1.29, 1.82) is 0 Å². The molecule has 41 heavy (non-hydrogen) atoms. The van der Waals surface area contributed by atoms with Crippen molar-refractivity contribution in [2.45, 2.75) is 0 Å². The van der Waals surface area contributed by atoms with E-state index in [9.17, 15) is 52.9 Å². The van der Waals surface area contributed by atoms with Crippen LogP contribution >= 0.6 is 22.7 Å². The van der Waals surface area contributed by atoms with Gasteiger partial charge in [-0.25, -0.2) is 22.8 Å². The van der Waals surface area contributed by atoms with Crippen LogP contribution < -0.4 is 23.8 Å². The molecule has 1 aromatic carbocycles. The number of sulfone groups is 1. The molecule has 6 N–H and O–H groups in total. The van der Waals surface area contributed by atoms with Crippen LogP contribution in [-0.2, 0) is 14.6 Å². The van der Waals surface area contributed by atoms with Crippen LogP contribution in [0.25, 0.3) is 0 Å². The number of esters is 3. The number of benzene rings is 1. The van der Waals surface area contributed by atoms with Crippen LogP contribution in [0.15, 0.2) is 63.0 Å². The molecule has 2 aromatic heterocycles. The fourth-order valence-electron chi connectivity index (χ4n) is 3.51. The zero-order chi connectivity index (χ0) is 30.1. The van der Waals surface area contributed by atoms with Crippen LogP contribution in [0.3, 0.4) is 0 Å². The Morgan fingerprint density at radius 1 is 0.659 bits per heavy atom. The lowest BCUT2D eigenvalue weighted by molar-refractivity contribution is -0.129. The molecule has 0 unspecified atom stereocenters. The minimum atomic E-state index is -4.31. The molecule has 0 aliphatic carbocycles. The Labute approximate surface area is 239 Å². The van der Waals surface area contributed by atoms with Crippen LogP contribution in [0.1, 0.15) is 20.7 Å². The molecule has 0 radical (unpaired) electrons. The van der Waals surface area contributed by atoms with Crippen molar-refractivity contribution in [3.63, 3.8) is 0 Å². The quantitative estimate of drug-likeness (QED) is 0.0841. The van der Waals surface area contributed by atoms with Crippen molar-refractivity contribution in [1.82, 2.24) is 0 Å². The van der Waals surface area contributed by atoms with Gasteiger partial charge in [0.05, 0.1) is 21.5 Å². The van der Waals surface area contributed by atoms with Crippen molar-refractivity contribution < 1.29 is 67.2 Å². The van der Waals surface area contributed by atoms with E-state index in [0.29, 0.717) is 5.41 Å². The normalized spacial score (nSPS) is 13.6. The van der Waals surface area contributed by atoms with E-state index < -0.39 is 65.2 Å². The van der Waals surface area contributed by atoms with Gasteiger partial charge in [0.1, 0.15) is 17.2 Å². The predicted molar refractivity (Wildman–Crippen MR) is 146 cm³/mol. The average molecular weight is 620 g/mol. The first-order chi connectivity index (χ1) is 19.3. The van der Waals surface area contributed by atoms with E-state index >= 15 is 0 Å². The Kier molecular flexibility index (Phi) is 8.97. The zero-order valence-corrected chi connectivity index (χ0v) is 22.6. The first-order valence-corrected chi connectivity index (χ1v) is 14.3. The summed E-state index contributed by atoms with van der Waals surface area (Å²) < 4.78 is 39.5. The molecule has 4 rings (SSSR count). The molecule has 0 saturated carbocycles. The van der Waals surface area contributed by atoms with Gasteiger partial charge in [-0.2, -0.15) is 22.7 Å². The van der Waals surface area contributed by atoms with Crippen LogP contribution in [-0.4, -0.2) is 77.8 Å². The highest BCUT2D eigenvalue weighted by Gasteiger charge is 2.37. The third kappa shape index (κ3) is 6.67. The lowest BCUT2D eigenvalue weighted by atomic mass is 9.86. The highest BCUT2D eigenvalue weighted by Crippen LogP contribution is 2.31. The van der Waals surface area contributed by atoms with Gasteiger partial charge >= 0.3 is 39.3 Å². The molecule has 0 spiro atoms. The second-order valence-electron chi connectivity index (χ2n) is 7.95. The number of hydrogen-bond donors (Lipinski definition) is 6. The third-order valence-electron chi connectivity index (χ3n) is 5.22. The Morgan fingerprint density at radius 3 is 1.46 bits per heavy atom. The Hall–Kier alpha value is -3.59. The first-order valence-electron chi connectivity index (χ1n) is 11.0. The van der Waals surface area contributed by atoms with E-state index in [1.54, 1.807) is 0 Å². The molecule has 1 aliphatic rings. The fourth-order valence-corrected chi connectivity index (χ4v) is 6.22. The molecule has 14 nitrogen and oxygen atoms in total. The minimum absolute atomic E-state index is 0.131. The number of carbonyl (C=O) groups is 3. The van der Waals surface area contributed by atoms with E-state index in [1.165, 1.54) is 22.9 Å². The maximum absolute atomic E-state index is 12.8. The summed E-state index contributed by atoms with van der Waals surface area (Å²) in [6.45, 7) is 0. The van der Waals surface area contributed by atoms with E-state index in [2.05, 4.69) is 0 Å². The second-order valence-corrected chi connectivity index (χ2v) is 11.6. The molecular formula is C21H15B3O14S3. The average Bonchev–Trinajstić information content (AvgIpc) is 3.61. The monoisotopic (exact) mass is 620 g/mol. The molecule has 0 bridgehead atoms. The SMILES string of the molecule is O=C(Oc1cc(OC(=O)c2ccsc2B(O)O)cc(OC(=O)c2ccsc2B(O)O)c1)C1=C(B(O)O)S(=O)(=O)C=C1. The summed E-state index contributed by atoms with van der Waals surface area (Å²) in [6.07, 6.45) is 0.786. The van der Waals surface area contributed by atoms with Gasteiger partial charge in [-0.15, -0.1) is 0 Å². The molecule has 3 heterocycles. The summed E-state index contributed by atoms with van der Waals surface area (Å²) in [5.74, 6) is -4.73. The van der Waals surface area contributed by atoms with Crippen molar-refractivity contribution in [2.75, 3.05) is 0 Å². The van der Waals surface area contributed by atoms with Gasteiger partial charge in [0, 0.05) is 33.2 Å². The standard InChI is InChI=1S/C21H15B3O14S3/c25-19(13-1-4-39-16(13)22(28)29)36-10-7-11(37-20(26)14-2-5-40-17(14)23(30)31)9-12(8-10)38-21(27)15-3-6-41(34,35)18(15)24(32)33/h1-9,28-33H. The topological polar surface area (TPSA) is 234 Å². The summed E-state index contributed by atoms with van der Waals surface area (Å²) in [4.78, 5) is 37.2. The molecule has 0 saturated heterocycles. The van der Waals surface area contributed by atoms with Gasteiger partial charge in [-0.3, -0.25) is 0 Å². The van der Waals surface area contributed by atoms with Gasteiger partial charge in [-0.1, -0.05) is 0 Å². The zero-order valence-electron chi connectivity index (χ0n) is 20.1. The van der Waals surface area contributed by atoms with Crippen molar-refractivity contribution in [3.8, 4) is 17.2 Å². The smallest absolute Gasteiger partial charge is 0.423 e. The maximum atomic E-state index is 12.8. The van der Waals surface area contributed by atoms with Crippen LogP contribution in [0, 0.1) is 0 Å². The molecule has 0 fully saturated rings. The molecule has 0 atom stereocenters. The maximum Gasteiger partial charge on any atom is 0.501 e. The summed E-state index contributed by atoms with van der Waals surface area (Å²) >= 11 is 1.71. The summed E-state index contributed by atoms with van der Waals surface area (Å²) in [6, 6.07) is 5.49. The minimum Gasteiger partial charge on any atom is -0.423 e. The Bertz CT molecular complexity index is 1610. The molecule has 20 heteroatoms. The highest BCUT2D eigenvalue weighted by atomic mass is 32.2. The van der Waals surface area contributed by atoms with E-state index in [0.717, 1.165) is 46.9 Å². The molecule has 210 valence electrons. The van der Waals surface area contributed by atoms with Crippen molar-refractivity contribution in [3.05, 3.63) is 74.1 Å². The predicted octanol–water partition coefficient (Wildman–Crippen LogP) is -2.28. The lowest BCUT2D eigenvalue weighted by Gasteiger charge is -2.12. The number of thiophene rings is 2. The lowest BCUT2D eigenvalue weighted by Crippen LogP contribution is -2.32. The highest BCUT2D eigenvalue weighted by molar-refractivity contribution is 8.00. The van der Waals surface area contributed by atoms with Crippen LogP contribution in [0.5, 0.6) is 17.2 Å². The Balaban J connectivity index is 1.69. The number of rotatable bonds is 9. The summed E-state index contributed by atoms with van der Waals surface area (Å²) in [5, 5.41) is 60.1. The number of carbonyl (C=O) groups excluding carboxylic acids is 3. The van der Waals surface area contributed by atoms with Crippen LogP contribution in [0.4, 0.5) is 0 Å². The van der Waals surface area contributed by atoms with Gasteiger partial charge in [0.2, 0.25) is 0 Å². The first kappa shape index (κ1) is 30.4.